The molecule has 0 aromatic rings. The van der Waals surface area contributed by atoms with Crippen LogP contribution in [0, 0.1) is 0 Å². The molecule has 2 aliphatic heterocycles. The number of nitrogens with zero attached hydrogens (tertiary/aromatic N) is 2. The third-order valence-corrected chi connectivity index (χ3v) is 4.38. The molecule has 0 amide bonds. The Morgan fingerprint density at radius 2 is 1.81 bits per heavy atom. The predicted molar refractivity (Wildman–Crippen MR) is 66.7 cm³/mol. The van der Waals surface area contributed by atoms with Gasteiger partial charge in [-0.2, -0.15) is 0 Å². The number of nitrogens with one attached hydrogen (secondary N) is 1. The Bertz CT molecular complexity index is 260. The van der Waals surface area contributed by atoms with Crippen LogP contribution in [0.3, 0.4) is 0 Å². The molecule has 1 saturated carbocycles. The zero-order valence-electron chi connectivity index (χ0n) is 10.7. The van der Waals surface area contributed by atoms with Crippen molar-refractivity contribution in [2.45, 2.75) is 50.7 Å². The topological polar surface area (TPSA) is 18.5 Å². The Balaban J connectivity index is 1.56. The van der Waals surface area contributed by atoms with Crippen LogP contribution in [0.4, 0.5) is 0 Å². The summed E-state index contributed by atoms with van der Waals surface area (Å²) in [5, 5.41) is 3.60. The third kappa shape index (κ3) is 2.27. The van der Waals surface area contributed by atoms with Gasteiger partial charge in [-0.3, -0.25) is 9.80 Å². The van der Waals surface area contributed by atoms with Crippen LogP contribution in [0.1, 0.15) is 33.1 Å². The van der Waals surface area contributed by atoms with Crippen molar-refractivity contribution in [3.05, 3.63) is 0 Å². The summed E-state index contributed by atoms with van der Waals surface area (Å²) in [5.74, 6) is 0. The average Bonchev–Trinajstić information content (AvgIpc) is 2.95. The Kier molecular flexibility index (Phi) is 2.73. The van der Waals surface area contributed by atoms with Gasteiger partial charge in [-0.25, -0.2) is 0 Å². The lowest BCUT2D eigenvalue weighted by Crippen LogP contribution is -2.59. The summed E-state index contributed by atoms with van der Waals surface area (Å²) in [4.78, 5) is 5.44. The molecule has 3 nitrogen and oxygen atoms in total. The first-order valence-electron chi connectivity index (χ1n) is 6.87. The molecule has 0 radical (unpaired) electrons. The van der Waals surface area contributed by atoms with Crippen molar-refractivity contribution in [3.63, 3.8) is 0 Å². The molecular weight excluding hydrogens is 198 g/mol. The lowest BCUT2D eigenvalue weighted by Gasteiger charge is -2.42. The van der Waals surface area contributed by atoms with Gasteiger partial charge in [-0.1, -0.05) is 0 Å². The van der Waals surface area contributed by atoms with E-state index in [2.05, 4.69) is 29.0 Å². The monoisotopic (exact) mass is 223 g/mol. The first kappa shape index (κ1) is 11.0. The minimum Gasteiger partial charge on any atom is -0.309 e. The Hall–Kier alpha value is -0.120. The van der Waals surface area contributed by atoms with E-state index >= 15 is 0 Å². The number of piperazine rings is 1. The standard InChI is InChI=1S/C13H25N3/c1-13(2)10-16(8-6-14-13)12-5-7-15(9-12)11-3-4-11/h11-12,14H,3-10H2,1-2H3. The van der Waals surface area contributed by atoms with E-state index in [0.29, 0.717) is 5.54 Å². The Morgan fingerprint density at radius 1 is 1.00 bits per heavy atom. The maximum absolute atomic E-state index is 3.60. The highest BCUT2D eigenvalue weighted by Gasteiger charge is 2.38. The normalized spacial score (nSPS) is 36.8. The molecule has 3 heteroatoms. The molecule has 0 aromatic heterocycles. The number of rotatable bonds is 2. The van der Waals surface area contributed by atoms with Gasteiger partial charge in [-0.15, -0.1) is 0 Å². The third-order valence-electron chi connectivity index (χ3n) is 4.38. The molecule has 92 valence electrons. The van der Waals surface area contributed by atoms with E-state index in [-0.39, 0.29) is 0 Å². The lowest BCUT2D eigenvalue weighted by atomic mass is 10.0. The number of likely N-dealkylation sites (tertiary alicyclic amines) is 1. The highest BCUT2D eigenvalue weighted by Crippen LogP contribution is 2.31. The molecule has 2 heterocycles. The smallest absolute Gasteiger partial charge is 0.0252 e. The zero-order chi connectivity index (χ0) is 11.2. The van der Waals surface area contributed by atoms with Crippen molar-refractivity contribution < 1.29 is 0 Å². The first-order chi connectivity index (χ1) is 7.64. The van der Waals surface area contributed by atoms with Gasteiger partial charge in [-0.05, 0) is 33.1 Å². The van der Waals surface area contributed by atoms with Crippen LogP contribution in [0.15, 0.2) is 0 Å². The van der Waals surface area contributed by atoms with Crippen LogP contribution in [0.25, 0.3) is 0 Å². The average molecular weight is 223 g/mol. The zero-order valence-corrected chi connectivity index (χ0v) is 10.7. The molecule has 3 rings (SSSR count). The van der Waals surface area contributed by atoms with E-state index in [0.717, 1.165) is 18.6 Å². The van der Waals surface area contributed by atoms with E-state index in [1.165, 1.54) is 45.4 Å². The van der Waals surface area contributed by atoms with Crippen molar-refractivity contribution >= 4 is 0 Å². The van der Waals surface area contributed by atoms with Crippen LogP contribution in [0.5, 0.6) is 0 Å². The summed E-state index contributed by atoms with van der Waals surface area (Å²) in [6.45, 7) is 11.0. The molecule has 1 N–H and O–H groups in total. The maximum Gasteiger partial charge on any atom is 0.0252 e. The second-order valence-electron chi connectivity index (χ2n) is 6.45. The molecule has 1 aliphatic carbocycles. The van der Waals surface area contributed by atoms with Gasteiger partial charge in [0.1, 0.15) is 0 Å². The van der Waals surface area contributed by atoms with Gasteiger partial charge in [0.15, 0.2) is 0 Å². The van der Waals surface area contributed by atoms with E-state index in [9.17, 15) is 0 Å². The van der Waals surface area contributed by atoms with Gasteiger partial charge in [0.25, 0.3) is 0 Å². The summed E-state index contributed by atoms with van der Waals surface area (Å²) in [6, 6.07) is 1.79. The first-order valence-corrected chi connectivity index (χ1v) is 6.87. The SMILES string of the molecule is CC1(C)CN(C2CCN(C3CC3)C2)CCN1. The summed E-state index contributed by atoms with van der Waals surface area (Å²) < 4.78 is 0. The quantitative estimate of drug-likeness (QED) is 0.750. The van der Waals surface area contributed by atoms with Crippen LogP contribution < -0.4 is 5.32 Å². The van der Waals surface area contributed by atoms with Crippen LogP contribution in [-0.4, -0.2) is 60.1 Å². The van der Waals surface area contributed by atoms with E-state index in [1.807, 2.05) is 0 Å². The summed E-state index contributed by atoms with van der Waals surface area (Å²) in [6.07, 6.45) is 4.31. The number of hydrogen-bond acceptors (Lipinski definition) is 3. The van der Waals surface area contributed by atoms with Crippen molar-refractivity contribution in [2.24, 2.45) is 0 Å². The molecule has 3 aliphatic rings. The highest BCUT2D eigenvalue weighted by molar-refractivity contribution is 4.96. The summed E-state index contributed by atoms with van der Waals surface area (Å²) in [7, 11) is 0. The van der Waals surface area contributed by atoms with Gasteiger partial charge in [0.05, 0.1) is 0 Å². The van der Waals surface area contributed by atoms with Crippen LogP contribution in [-0.2, 0) is 0 Å². The summed E-state index contributed by atoms with van der Waals surface area (Å²) in [5.41, 5.74) is 0.311. The van der Waals surface area contributed by atoms with Crippen molar-refractivity contribution in [1.29, 1.82) is 0 Å². The van der Waals surface area contributed by atoms with E-state index < -0.39 is 0 Å². The van der Waals surface area contributed by atoms with Gasteiger partial charge >= 0.3 is 0 Å². The second kappa shape index (κ2) is 3.97. The molecule has 16 heavy (non-hydrogen) atoms. The van der Waals surface area contributed by atoms with Crippen molar-refractivity contribution in [2.75, 3.05) is 32.7 Å². The van der Waals surface area contributed by atoms with E-state index in [1.54, 1.807) is 0 Å². The fourth-order valence-electron chi connectivity index (χ4n) is 3.33. The Labute approximate surface area is 99.2 Å². The minimum atomic E-state index is 0.311. The Morgan fingerprint density at radius 3 is 2.50 bits per heavy atom. The molecule has 0 bridgehead atoms. The van der Waals surface area contributed by atoms with Crippen LogP contribution in [0.2, 0.25) is 0 Å². The van der Waals surface area contributed by atoms with Gasteiger partial charge < -0.3 is 5.32 Å². The fraction of sp³-hybridized carbons (Fsp3) is 1.00. The van der Waals surface area contributed by atoms with Gasteiger partial charge in [0, 0.05) is 50.3 Å². The maximum atomic E-state index is 3.60. The van der Waals surface area contributed by atoms with Crippen LogP contribution >= 0.6 is 0 Å². The highest BCUT2D eigenvalue weighted by atomic mass is 15.3. The van der Waals surface area contributed by atoms with Crippen molar-refractivity contribution in [3.8, 4) is 0 Å². The van der Waals surface area contributed by atoms with Gasteiger partial charge in [0.2, 0.25) is 0 Å². The lowest BCUT2D eigenvalue weighted by molar-refractivity contribution is 0.110. The molecule has 0 spiro atoms. The minimum absolute atomic E-state index is 0.311. The van der Waals surface area contributed by atoms with E-state index in [4.69, 9.17) is 0 Å². The second-order valence-corrected chi connectivity index (χ2v) is 6.45. The molecule has 1 unspecified atom stereocenters. The molecule has 3 fully saturated rings. The molecular formula is C13H25N3. The molecule has 2 saturated heterocycles. The molecule has 0 aromatic carbocycles. The largest absolute Gasteiger partial charge is 0.309 e. The predicted octanol–water partition coefficient (Wildman–Crippen LogP) is 0.907. The fourth-order valence-corrected chi connectivity index (χ4v) is 3.33. The summed E-state index contributed by atoms with van der Waals surface area (Å²) >= 11 is 0. The molecule has 1 atom stereocenters. The number of hydrogen-bond donors (Lipinski definition) is 1. The van der Waals surface area contributed by atoms with Crippen molar-refractivity contribution in [1.82, 2.24) is 15.1 Å².